The summed E-state index contributed by atoms with van der Waals surface area (Å²) in [6, 6.07) is 8.15. The first kappa shape index (κ1) is 14.1. The van der Waals surface area contributed by atoms with Crippen LogP contribution in [-0.2, 0) is 6.54 Å². The largest absolute Gasteiger partial charge is 0.420 e. The summed E-state index contributed by atoms with van der Waals surface area (Å²) in [5.41, 5.74) is 2.19. The van der Waals surface area contributed by atoms with E-state index in [1.807, 2.05) is 18.3 Å². The third-order valence-electron chi connectivity index (χ3n) is 4.29. The molecule has 3 aromatic rings. The molecule has 2 aromatic heterocycles. The number of benzene rings is 1. The minimum Gasteiger partial charge on any atom is -0.420 e. The first-order chi connectivity index (χ1) is 11.3. The van der Waals surface area contributed by atoms with Gasteiger partial charge in [0.15, 0.2) is 0 Å². The van der Waals surface area contributed by atoms with E-state index in [0.29, 0.717) is 11.8 Å². The van der Waals surface area contributed by atoms with Crippen molar-refractivity contribution in [3.8, 4) is 11.5 Å². The molecule has 0 aliphatic carbocycles. The van der Waals surface area contributed by atoms with Crippen molar-refractivity contribution in [3.63, 3.8) is 0 Å². The van der Waals surface area contributed by atoms with Gasteiger partial charge in [0.05, 0.1) is 12.5 Å². The highest BCUT2D eigenvalue weighted by Gasteiger charge is 2.28. The fourth-order valence-corrected chi connectivity index (χ4v) is 2.99. The fourth-order valence-electron chi connectivity index (χ4n) is 2.99. The number of aromatic amines is 1. The molecule has 0 radical (unpaired) electrons. The Labute approximate surface area is 134 Å². The number of likely N-dealkylation sites (tertiary alicyclic amines) is 1. The van der Waals surface area contributed by atoms with Gasteiger partial charge in [0.2, 0.25) is 11.8 Å². The Morgan fingerprint density at radius 3 is 2.91 bits per heavy atom. The lowest BCUT2D eigenvalue weighted by Crippen LogP contribution is -2.20. The minimum absolute atomic E-state index is 0.302. The van der Waals surface area contributed by atoms with Gasteiger partial charge in [-0.15, -0.1) is 10.2 Å². The van der Waals surface area contributed by atoms with Gasteiger partial charge in [0.25, 0.3) is 0 Å². The summed E-state index contributed by atoms with van der Waals surface area (Å²) in [6.45, 7) is 4.85. The van der Waals surface area contributed by atoms with Gasteiger partial charge in [0.1, 0.15) is 5.82 Å². The number of hydrogen-bond donors (Lipinski definition) is 1. The normalized spacial score (nSPS) is 18.6. The molecule has 6 nitrogen and oxygen atoms in total. The van der Waals surface area contributed by atoms with Crippen LogP contribution in [0, 0.1) is 6.92 Å². The van der Waals surface area contributed by atoms with Crippen LogP contribution < -0.4 is 0 Å². The van der Waals surface area contributed by atoms with Crippen LogP contribution in [0.15, 0.2) is 41.1 Å². The molecule has 4 rings (SSSR count). The van der Waals surface area contributed by atoms with E-state index in [2.05, 4.69) is 44.1 Å². The van der Waals surface area contributed by atoms with Crippen molar-refractivity contribution in [2.45, 2.75) is 25.8 Å². The van der Waals surface area contributed by atoms with E-state index < -0.39 is 0 Å². The van der Waals surface area contributed by atoms with Crippen LogP contribution >= 0.6 is 0 Å². The molecule has 118 valence electrons. The van der Waals surface area contributed by atoms with E-state index in [4.69, 9.17) is 4.42 Å². The van der Waals surface area contributed by atoms with E-state index in [-0.39, 0.29) is 0 Å². The molecular weight excluding hydrogens is 290 g/mol. The number of imidazole rings is 1. The van der Waals surface area contributed by atoms with E-state index in [9.17, 15) is 0 Å². The predicted molar refractivity (Wildman–Crippen MR) is 85.7 cm³/mol. The van der Waals surface area contributed by atoms with Gasteiger partial charge in [-0.05, 0) is 32.0 Å². The van der Waals surface area contributed by atoms with E-state index >= 15 is 0 Å². The maximum atomic E-state index is 5.90. The Morgan fingerprint density at radius 1 is 1.26 bits per heavy atom. The number of hydrogen-bond acceptors (Lipinski definition) is 5. The lowest BCUT2D eigenvalue weighted by Gasteiger charge is -2.12. The Bertz CT molecular complexity index is 763. The zero-order valence-corrected chi connectivity index (χ0v) is 13.1. The van der Waals surface area contributed by atoms with Crippen molar-refractivity contribution in [2.75, 3.05) is 13.1 Å². The van der Waals surface area contributed by atoms with Crippen LogP contribution in [0.3, 0.4) is 0 Å². The first-order valence-corrected chi connectivity index (χ1v) is 7.89. The quantitative estimate of drug-likeness (QED) is 0.802. The first-order valence-electron chi connectivity index (χ1n) is 7.89. The lowest BCUT2D eigenvalue weighted by molar-refractivity contribution is 0.313. The zero-order valence-electron chi connectivity index (χ0n) is 13.1. The molecule has 0 unspecified atom stereocenters. The standard InChI is InChI=1S/C17H19N5O/c1-12-2-4-13(5-3-12)16-20-21-17(23-16)14-6-9-22(10-14)11-15-18-7-8-19-15/h2-5,7-8,14H,6,9-11H2,1H3,(H,18,19)/t14-/m0/s1. The molecule has 0 saturated carbocycles. The summed E-state index contributed by atoms with van der Waals surface area (Å²) in [7, 11) is 0. The van der Waals surface area contributed by atoms with Crippen molar-refractivity contribution in [1.29, 1.82) is 0 Å². The van der Waals surface area contributed by atoms with Gasteiger partial charge in [0, 0.05) is 24.5 Å². The van der Waals surface area contributed by atoms with Crippen molar-refractivity contribution in [2.24, 2.45) is 0 Å². The second-order valence-electron chi connectivity index (χ2n) is 6.07. The highest BCUT2D eigenvalue weighted by atomic mass is 16.4. The summed E-state index contributed by atoms with van der Waals surface area (Å²) >= 11 is 0. The number of H-pyrrole nitrogens is 1. The number of aryl methyl sites for hydroxylation is 1. The van der Waals surface area contributed by atoms with E-state index in [1.54, 1.807) is 6.20 Å². The molecule has 3 heterocycles. The molecule has 1 aliphatic heterocycles. The molecule has 6 heteroatoms. The fraction of sp³-hybridized carbons (Fsp3) is 0.353. The van der Waals surface area contributed by atoms with E-state index in [1.165, 1.54) is 5.56 Å². The maximum Gasteiger partial charge on any atom is 0.247 e. The monoisotopic (exact) mass is 309 g/mol. The van der Waals surface area contributed by atoms with Crippen molar-refractivity contribution < 1.29 is 4.42 Å². The Hall–Kier alpha value is -2.47. The Kier molecular flexibility index (Phi) is 3.67. The maximum absolute atomic E-state index is 5.90. The molecular formula is C17H19N5O. The van der Waals surface area contributed by atoms with Crippen LogP contribution in [0.25, 0.3) is 11.5 Å². The number of nitrogens with zero attached hydrogens (tertiary/aromatic N) is 4. The average Bonchev–Trinajstić information content (AvgIpc) is 3.29. The average molecular weight is 309 g/mol. The molecule has 0 spiro atoms. The molecule has 1 aliphatic rings. The highest BCUT2D eigenvalue weighted by Crippen LogP contribution is 2.29. The molecule has 1 N–H and O–H groups in total. The highest BCUT2D eigenvalue weighted by molar-refractivity contribution is 5.52. The van der Waals surface area contributed by atoms with E-state index in [0.717, 1.165) is 43.3 Å². The molecule has 0 bridgehead atoms. The van der Waals surface area contributed by atoms with Gasteiger partial charge < -0.3 is 9.40 Å². The van der Waals surface area contributed by atoms with Crippen molar-refractivity contribution in [3.05, 3.63) is 53.9 Å². The third-order valence-corrected chi connectivity index (χ3v) is 4.29. The zero-order chi connectivity index (χ0) is 15.6. The molecule has 1 atom stereocenters. The topological polar surface area (TPSA) is 70.8 Å². The number of nitrogens with one attached hydrogen (secondary N) is 1. The summed E-state index contributed by atoms with van der Waals surface area (Å²) in [6.07, 6.45) is 4.68. The van der Waals surface area contributed by atoms with Gasteiger partial charge >= 0.3 is 0 Å². The summed E-state index contributed by atoms with van der Waals surface area (Å²) in [4.78, 5) is 9.78. The second-order valence-corrected chi connectivity index (χ2v) is 6.07. The van der Waals surface area contributed by atoms with Crippen LogP contribution in [0.5, 0.6) is 0 Å². The predicted octanol–water partition coefficient (Wildman–Crippen LogP) is 2.76. The molecule has 1 saturated heterocycles. The molecule has 1 aromatic carbocycles. The smallest absolute Gasteiger partial charge is 0.247 e. The van der Waals surface area contributed by atoms with Crippen LogP contribution in [0.4, 0.5) is 0 Å². The second kappa shape index (κ2) is 5.96. The van der Waals surface area contributed by atoms with Gasteiger partial charge in [-0.1, -0.05) is 17.7 Å². The van der Waals surface area contributed by atoms with Crippen molar-refractivity contribution in [1.82, 2.24) is 25.1 Å². The lowest BCUT2D eigenvalue weighted by atomic mass is 10.1. The third kappa shape index (κ3) is 3.03. The van der Waals surface area contributed by atoms with Crippen LogP contribution in [0.1, 0.15) is 29.6 Å². The SMILES string of the molecule is Cc1ccc(-c2nnc([C@H]3CCN(Cc4ncc[nH]4)C3)o2)cc1. The van der Waals surface area contributed by atoms with Crippen LogP contribution in [-0.4, -0.2) is 38.2 Å². The summed E-state index contributed by atoms with van der Waals surface area (Å²) in [5, 5.41) is 8.47. The Morgan fingerprint density at radius 2 is 2.13 bits per heavy atom. The molecule has 23 heavy (non-hydrogen) atoms. The van der Waals surface area contributed by atoms with Crippen LogP contribution in [0.2, 0.25) is 0 Å². The van der Waals surface area contributed by atoms with Crippen molar-refractivity contribution >= 4 is 0 Å². The molecule has 1 fully saturated rings. The number of rotatable bonds is 4. The van der Waals surface area contributed by atoms with Gasteiger partial charge in [-0.25, -0.2) is 4.98 Å². The number of aromatic nitrogens is 4. The van der Waals surface area contributed by atoms with Gasteiger partial charge in [-0.2, -0.15) is 0 Å². The van der Waals surface area contributed by atoms with Gasteiger partial charge in [-0.3, -0.25) is 4.90 Å². The molecule has 0 amide bonds. The summed E-state index contributed by atoms with van der Waals surface area (Å²) < 4.78 is 5.90. The Balaban J connectivity index is 1.44. The minimum atomic E-state index is 0.302. The summed E-state index contributed by atoms with van der Waals surface area (Å²) in [5.74, 6) is 2.64.